The molecule has 0 amide bonds. The molecule has 13 nitrogen and oxygen atoms in total. The number of allylic oxidation sites excluding steroid dienone is 4. The fourth-order valence-corrected chi connectivity index (χ4v) is 7.44. The summed E-state index contributed by atoms with van der Waals surface area (Å²) in [5.74, 6) is -1.71. The Morgan fingerprint density at radius 3 is 1.46 bits per heavy atom. The van der Waals surface area contributed by atoms with Gasteiger partial charge in [-0.25, -0.2) is 4.57 Å². The van der Waals surface area contributed by atoms with Crippen molar-refractivity contribution >= 4 is 38.1 Å². The van der Waals surface area contributed by atoms with Crippen molar-refractivity contribution in [2.75, 3.05) is 33.0 Å². The van der Waals surface area contributed by atoms with E-state index >= 15 is 0 Å². The molecule has 63 heavy (non-hydrogen) atoms. The third-order valence-electron chi connectivity index (χ3n) is 10.6. The second-order valence-electron chi connectivity index (χ2n) is 16.7. The molecule has 6 N–H and O–H groups in total. The van der Waals surface area contributed by atoms with Crippen LogP contribution >= 0.6 is 20.2 Å². The lowest BCUT2D eigenvalue weighted by Gasteiger charge is -2.20. The van der Waals surface area contributed by atoms with E-state index in [9.17, 15) is 28.9 Å². The first-order valence-corrected chi connectivity index (χ1v) is 26.1. The summed E-state index contributed by atoms with van der Waals surface area (Å²) >= 11 is 0. The molecular weight excluding hydrogens is 847 g/mol. The minimum atomic E-state index is -4.75. The molecule has 0 bridgehead atoms. The van der Waals surface area contributed by atoms with E-state index in [1.165, 1.54) is 77.0 Å². The van der Waals surface area contributed by atoms with Crippen LogP contribution in [0.1, 0.15) is 213 Å². The molecule has 0 fully saturated rings. The molecule has 0 rings (SSSR count). The van der Waals surface area contributed by atoms with Crippen LogP contribution in [-0.4, -0.2) is 79.1 Å². The lowest BCUT2D eigenvalue weighted by Crippen LogP contribution is -2.35. The fourth-order valence-electron chi connectivity index (χ4n) is 6.65. The number of halogens is 1. The number of aliphatic hydroxyl groups excluding tert-OH is 1. The fraction of sp³-hybridized carbons (Fsp3) is 0.854. The number of phosphoric acid groups is 1. The van der Waals surface area contributed by atoms with E-state index < -0.39 is 63.8 Å². The van der Waals surface area contributed by atoms with E-state index in [1.807, 2.05) is 0 Å². The van der Waals surface area contributed by atoms with E-state index in [0.29, 0.717) is 38.6 Å². The zero-order valence-corrected chi connectivity index (χ0v) is 41.3. The number of nitrogens with two attached hydrogens (primary N) is 2. The van der Waals surface area contributed by atoms with Gasteiger partial charge in [-0.05, 0) is 83.6 Å². The molecule has 0 aromatic heterocycles. The Kier molecular flexibility index (Phi) is 46.9. The van der Waals surface area contributed by atoms with Gasteiger partial charge in [0.05, 0.1) is 13.2 Å². The van der Waals surface area contributed by atoms with Gasteiger partial charge >= 0.3 is 25.7 Å². The molecule has 0 aromatic rings. The van der Waals surface area contributed by atoms with Crippen molar-refractivity contribution in [3.05, 3.63) is 24.3 Å². The van der Waals surface area contributed by atoms with Crippen molar-refractivity contribution < 1.29 is 52.2 Å². The highest BCUT2D eigenvalue weighted by molar-refractivity contribution is 7.47. The molecule has 0 aliphatic rings. The maximum Gasteiger partial charge on any atom is 0.472 e. The van der Waals surface area contributed by atoms with Crippen LogP contribution < -0.4 is 11.5 Å². The van der Waals surface area contributed by atoms with Crippen LogP contribution in [0, 0.1) is 0 Å². The molecule has 372 valence electrons. The van der Waals surface area contributed by atoms with Crippen LogP contribution in [0.15, 0.2) is 24.3 Å². The maximum atomic E-state index is 12.8. The standard InChI is InChI=1S/C48H91N2O11P.ClH/c1-3-5-7-9-11-13-15-17-19-21-23-25-27-29-31-36-46(52)57-41-44(42-60-62(55,56)59-40-43(51)39-58-48(54)45(50)35-33-34-38-49)61-47(53)37-32-30-28-26-24-22-20-18-16-14-12-10-8-6-4-2;/h17-20,43-45,51H,3-16,21-42,49-50H2,1-2H3,(H,55,56);1H/b19-17-,20-18-;/t43?,44-,45+;/m1./s1. The SMILES string of the molecule is CCCCCCCC/C=C\CCCCCCCC(=O)OC[C@H](COP(=O)(O)OCC(O)COC(=O)[C@@H](N)CCCCN)OC(=O)CCCCCCC/C=C\CCCCCCCC.Cl. The Balaban J connectivity index is 0. The first-order valence-electron chi connectivity index (χ1n) is 24.6. The summed E-state index contributed by atoms with van der Waals surface area (Å²) in [6.45, 7) is 2.82. The van der Waals surface area contributed by atoms with Gasteiger partial charge in [-0.3, -0.25) is 23.4 Å². The average Bonchev–Trinajstić information content (AvgIpc) is 3.25. The van der Waals surface area contributed by atoms with Gasteiger partial charge in [0.1, 0.15) is 25.4 Å². The Morgan fingerprint density at radius 1 is 0.556 bits per heavy atom. The number of ether oxygens (including phenoxy) is 3. The maximum absolute atomic E-state index is 12.8. The van der Waals surface area contributed by atoms with Crippen molar-refractivity contribution in [1.82, 2.24) is 0 Å². The Bertz CT molecular complexity index is 1180. The number of aliphatic hydroxyl groups is 1. The lowest BCUT2D eigenvalue weighted by atomic mass is 10.1. The zero-order valence-electron chi connectivity index (χ0n) is 39.6. The number of hydrogen-bond donors (Lipinski definition) is 4. The van der Waals surface area contributed by atoms with E-state index in [-0.39, 0.29) is 31.9 Å². The Hall–Kier alpha value is -1.83. The summed E-state index contributed by atoms with van der Waals surface area (Å²) in [7, 11) is -4.75. The van der Waals surface area contributed by atoms with Gasteiger partial charge in [0, 0.05) is 12.8 Å². The van der Waals surface area contributed by atoms with Crippen LogP contribution in [0.4, 0.5) is 0 Å². The van der Waals surface area contributed by atoms with Crippen molar-refractivity contribution in [3.8, 4) is 0 Å². The number of unbranched alkanes of at least 4 members (excludes halogenated alkanes) is 23. The summed E-state index contributed by atoms with van der Waals surface area (Å²) in [5, 5.41) is 10.2. The third kappa shape index (κ3) is 45.1. The predicted octanol–water partition coefficient (Wildman–Crippen LogP) is 11.4. The smallest absolute Gasteiger partial charge is 0.462 e. The number of esters is 3. The van der Waals surface area contributed by atoms with Gasteiger partial charge in [0.15, 0.2) is 6.10 Å². The largest absolute Gasteiger partial charge is 0.472 e. The first-order chi connectivity index (χ1) is 30.0. The van der Waals surface area contributed by atoms with Gasteiger partial charge in [0.25, 0.3) is 0 Å². The van der Waals surface area contributed by atoms with Crippen LogP contribution in [0.5, 0.6) is 0 Å². The quantitative estimate of drug-likeness (QED) is 0.0147. The van der Waals surface area contributed by atoms with Crippen molar-refractivity contribution in [2.24, 2.45) is 11.5 Å². The van der Waals surface area contributed by atoms with E-state index in [4.69, 9.17) is 34.7 Å². The summed E-state index contributed by atoms with van der Waals surface area (Å²) in [4.78, 5) is 47.7. The van der Waals surface area contributed by atoms with Crippen molar-refractivity contribution in [3.63, 3.8) is 0 Å². The molecular formula is C48H92ClN2O11P. The summed E-state index contributed by atoms with van der Waals surface area (Å²) in [6, 6.07) is -0.880. The number of rotatable bonds is 46. The molecule has 0 aromatic carbocycles. The van der Waals surface area contributed by atoms with E-state index in [2.05, 4.69) is 38.2 Å². The van der Waals surface area contributed by atoms with Gasteiger partial charge in [0.2, 0.25) is 0 Å². The lowest BCUT2D eigenvalue weighted by molar-refractivity contribution is -0.161. The second kappa shape index (κ2) is 46.7. The van der Waals surface area contributed by atoms with Crippen LogP contribution in [0.25, 0.3) is 0 Å². The molecule has 0 heterocycles. The Labute approximate surface area is 389 Å². The highest BCUT2D eigenvalue weighted by Gasteiger charge is 2.28. The highest BCUT2D eigenvalue weighted by Crippen LogP contribution is 2.43. The summed E-state index contributed by atoms with van der Waals surface area (Å²) < 4.78 is 38.5. The minimum absolute atomic E-state index is 0. The minimum Gasteiger partial charge on any atom is -0.462 e. The first kappa shape index (κ1) is 63.3. The normalized spacial score (nSPS) is 14.0. The van der Waals surface area contributed by atoms with E-state index in [0.717, 1.165) is 77.0 Å². The molecule has 0 aliphatic heterocycles. The third-order valence-corrected chi connectivity index (χ3v) is 11.5. The average molecular weight is 940 g/mol. The van der Waals surface area contributed by atoms with Gasteiger partial charge < -0.3 is 35.7 Å². The van der Waals surface area contributed by atoms with Crippen LogP contribution in [0.2, 0.25) is 0 Å². The Morgan fingerprint density at radius 2 is 0.984 bits per heavy atom. The summed E-state index contributed by atoms with van der Waals surface area (Å²) in [6.07, 6.45) is 38.3. The van der Waals surface area contributed by atoms with Gasteiger partial charge in [-0.15, -0.1) is 12.4 Å². The zero-order chi connectivity index (χ0) is 45.8. The molecule has 0 saturated heterocycles. The number of carbonyl (C=O) groups is 3. The molecule has 2 unspecified atom stereocenters. The number of carbonyl (C=O) groups excluding carboxylic acids is 3. The van der Waals surface area contributed by atoms with Crippen molar-refractivity contribution in [1.29, 1.82) is 0 Å². The molecule has 4 atom stereocenters. The molecule has 0 saturated carbocycles. The number of hydrogen-bond acceptors (Lipinski definition) is 12. The highest BCUT2D eigenvalue weighted by atomic mass is 35.5. The molecule has 15 heteroatoms. The number of phosphoric ester groups is 1. The van der Waals surface area contributed by atoms with Crippen LogP contribution in [-0.2, 0) is 42.2 Å². The molecule has 0 aliphatic carbocycles. The van der Waals surface area contributed by atoms with Gasteiger partial charge in [-0.2, -0.15) is 0 Å². The van der Waals surface area contributed by atoms with Crippen LogP contribution in [0.3, 0.4) is 0 Å². The molecule has 0 radical (unpaired) electrons. The van der Waals surface area contributed by atoms with E-state index in [1.54, 1.807) is 0 Å². The van der Waals surface area contributed by atoms with Crippen molar-refractivity contribution in [2.45, 2.75) is 231 Å². The summed E-state index contributed by atoms with van der Waals surface area (Å²) in [5.41, 5.74) is 11.2. The monoisotopic (exact) mass is 939 g/mol. The second-order valence-corrected chi connectivity index (χ2v) is 18.2. The van der Waals surface area contributed by atoms with Gasteiger partial charge in [-0.1, -0.05) is 147 Å². The topological polar surface area (TPSA) is 207 Å². The molecule has 0 spiro atoms. The predicted molar refractivity (Wildman–Crippen MR) is 257 cm³/mol.